The number of fused-ring (bicyclic) bond motifs is 2. The molecule has 1 fully saturated rings. The molecule has 3 aromatic rings. The van der Waals surface area contributed by atoms with Gasteiger partial charge in [0.25, 0.3) is 11.8 Å². The second kappa shape index (κ2) is 6.73. The van der Waals surface area contributed by atoms with E-state index in [0.29, 0.717) is 34.7 Å². The third-order valence-electron chi connectivity index (χ3n) is 5.57. The monoisotopic (exact) mass is 422 g/mol. The molecule has 4 amide bonds. The summed E-state index contributed by atoms with van der Waals surface area (Å²) in [7, 11) is 3.01. The molecule has 0 unspecified atom stereocenters. The molecule has 5 rings (SSSR count). The lowest BCUT2D eigenvalue weighted by Gasteiger charge is -2.29. The molecule has 0 aliphatic carbocycles. The van der Waals surface area contributed by atoms with E-state index in [-0.39, 0.29) is 18.2 Å². The van der Waals surface area contributed by atoms with Gasteiger partial charge in [0.15, 0.2) is 5.54 Å². The topological polar surface area (TPSA) is 123 Å². The van der Waals surface area contributed by atoms with Crippen LogP contribution in [-0.2, 0) is 16.9 Å². The maximum absolute atomic E-state index is 13.0. The molecule has 2 aromatic heterocycles. The van der Waals surface area contributed by atoms with Gasteiger partial charge in [-0.15, -0.1) is 0 Å². The molecular weight excluding hydrogens is 404 g/mol. The van der Waals surface area contributed by atoms with Crippen LogP contribution in [0.2, 0.25) is 0 Å². The van der Waals surface area contributed by atoms with Crippen molar-refractivity contribution in [1.29, 1.82) is 0 Å². The van der Waals surface area contributed by atoms with Crippen molar-refractivity contribution in [2.75, 3.05) is 20.8 Å². The predicted molar refractivity (Wildman–Crippen MR) is 107 cm³/mol. The molecule has 0 saturated carbocycles. The lowest BCUT2D eigenvalue weighted by Crippen LogP contribution is -2.52. The van der Waals surface area contributed by atoms with E-state index < -0.39 is 17.5 Å². The molecule has 1 saturated heterocycles. The largest absolute Gasteiger partial charge is 0.497 e. The quantitative estimate of drug-likeness (QED) is 0.598. The molecule has 10 heteroatoms. The summed E-state index contributed by atoms with van der Waals surface area (Å²) in [6, 6.07) is 7.80. The Morgan fingerprint density at radius 1 is 1.16 bits per heavy atom. The van der Waals surface area contributed by atoms with Crippen LogP contribution in [-0.4, -0.2) is 48.5 Å². The molecule has 1 atom stereocenters. The fraction of sp³-hybridized carbons (Fsp3) is 0.238. The number of nitrogens with one attached hydrogen (secondary N) is 2. The summed E-state index contributed by atoms with van der Waals surface area (Å²) in [5, 5.41) is 5.54. The van der Waals surface area contributed by atoms with Crippen molar-refractivity contribution in [3.05, 3.63) is 53.4 Å². The highest BCUT2D eigenvalue weighted by Gasteiger charge is 2.53. The Morgan fingerprint density at radius 3 is 2.71 bits per heavy atom. The number of carbonyl (C=O) groups is 3. The van der Waals surface area contributed by atoms with Gasteiger partial charge < -0.3 is 24.1 Å². The molecule has 0 spiro atoms. The van der Waals surface area contributed by atoms with Crippen molar-refractivity contribution in [3.63, 3.8) is 0 Å². The predicted octanol–water partition coefficient (Wildman–Crippen LogP) is 1.54. The van der Waals surface area contributed by atoms with Gasteiger partial charge in [0.1, 0.15) is 17.1 Å². The molecule has 2 N–H and O–H groups in total. The van der Waals surface area contributed by atoms with Gasteiger partial charge in [0.2, 0.25) is 5.88 Å². The van der Waals surface area contributed by atoms with Gasteiger partial charge >= 0.3 is 6.03 Å². The molecule has 4 heterocycles. The normalized spacial score (nSPS) is 20.1. The minimum atomic E-state index is -1.58. The zero-order chi connectivity index (χ0) is 21.8. The number of urea groups is 1. The highest BCUT2D eigenvalue weighted by atomic mass is 16.5. The first kappa shape index (κ1) is 18.9. The first-order valence-electron chi connectivity index (χ1n) is 9.47. The van der Waals surface area contributed by atoms with Crippen LogP contribution in [0.15, 0.2) is 40.9 Å². The molecule has 31 heavy (non-hydrogen) atoms. The molecule has 158 valence electrons. The molecule has 2 aliphatic heterocycles. The molecule has 2 aliphatic rings. The molecule has 10 nitrogen and oxygen atoms in total. The van der Waals surface area contributed by atoms with Crippen LogP contribution >= 0.6 is 0 Å². The van der Waals surface area contributed by atoms with E-state index in [1.54, 1.807) is 30.5 Å². The standard InChI is InChI=1S/C21H18N4O6/c1-29-13-4-3-11-9-25(18(26)14(11)6-13)10-21(19(27)23-20(28)24-21)16-5-12-8-22-17(30-2)7-15(12)31-16/h3-8H,9-10H2,1-2H3,(H2,23,24,27,28)/t21-/m0/s1. The van der Waals surface area contributed by atoms with E-state index in [9.17, 15) is 14.4 Å². The number of imide groups is 1. The van der Waals surface area contributed by atoms with E-state index in [1.165, 1.54) is 19.1 Å². The van der Waals surface area contributed by atoms with Gasteiger partial charge in [-0.3, -0.25) is 14.9 Å². The van der Waals surface area contributed by atoms with Crippen molar-refractivity contribution < 1.29 is 28.3 Å². The van der Waals surface area contributed by atoms with Gasteiger partial charge in [-0.1, -0.05) is 6.07 Å². The summed E-state index contributed by atoms with van der Waals surface area (Å²) in [4.78, 5) is 43.7. The van der Waals surface area contributed by atoms with E-state index in [2.05, 4.69) is 15.6 Å². The smallest absolute Gasteiger partial charge is 0.322 e. The van der Waals surface area contributed by atoms with Crippen LogP contribution in [0.4, 0.5) is 4.79 Å². The molecule has 1 aromatic carbocycles. The van der Waals surface area contributed by atoms with Crippen LogP contribution < -0.4 is 20.1 Å². The van der Waals surface area contributed by atoms with Gasteiger partial charge in [0.05, 0.1) is 20.8 Å². The number of ether oxygens (including phenoxy) is 2. The number of aromatic nitrogens is 1. The second-order valence-corrected chi connectivity index (χ2v) is 7.37. The first-order valence-corrected chi connectivity index (χ1v) is 9.47. The first-order chi connectivity index (χ1) is 14.9. The van der Waals surface area contributed by atoms with E-state index in [1.807, 2.05) is 6.07 Å². The third-order valence-corrected chi connectivity index (χ3v) is 5.57. The van der Waals surface area contributed by atoms with E-state index >= 15 is 0 Å². The summed E-state index contributed by atoms with van der Waals surface area (Å²) in [6.07, 6.45) is 1.55. The maximum Gasteiger partial charge on any atom is 0.322 e. The van der Waals surface area contributed by atoms with Crippen LogP contribution in [0.1, 0.15) is 21.7 Å². The fourth-order valence-corrected chi connectivity index (χ4v) is 3.97. The molecule has 0 bridgehead atoms. The average molecular weight is 422 g/mol. The average Bonchev–Trinajstić information content (AvgIpc) is 3.41. The number of carbonyl (C=O) groups excluding carboxylic acids is 3. The summed E-state index contributed by atoms with van der Waals surface area (Å²) < 4.78 is 16.2. The zero-order valence-corrected chi connectivity index (χ0v) is 16.7. The van der Waals surface area contributed by atoms with Gasteiger partial charge in [-0.25, -0.2) is 9.78 Å². The van der Waals surface area contributed by atoms with Crippen LogP contribution in [0.5, 0.6) is 11.6 Å². The number of rotatable bonds is 5. The summed E-state index contributed by atoms with van der Waals surface area (Å²) in [5.41, 5.74) is 0.170. The van der Waals surface area contributed by atoms with Gasteiger partial charge in [-0.05, 0) is 23.8 Å². The number of amides is 4. The van der Waals surface area contributed by atoms with Crippen LogP contribution in [0, 0.1) is 0 Å². The Balaban J connectivity index is 1.54. The van der Waals surface area contributed by atoms with Crippen molar-refractivity contribution in [1.82, 2.24) is 20.5 Å². The van der Waals surface area contributed by atoms with Crippen molar-refractivity contribution >= 4 is 28.8 Å². The molecule has 0 radical (unpaired) electrons. The number of benzene rings is 1. The number of methoxy groups -OCH3 is 2. The van der Waals surface area contributed by atoms with Crippen molar-refractivity contribution in [2.45, 2.75) is 12.1 Å². The lowest BCUT2D eigenvalue weighted by atomic mass is 9.95. The Labute approximate surface area is 176 Å². The van der Waals surface area contributed by atoms with E-state index in [0.717, 1.165) is 5.56 Å². The summed E-state index contributed by atoms with van der Waals surface area (Å²) in [5.74, 6) is 0.248. The highest BCUT2D eigenvalue weighted by Crippen LogP contribution is 2.35. The Hall–Kier alpha value is -4.08. The fourth-order valence-electron chi connectivity index (χ4n) is 3.97. The number of hydrogen-bond donors (Lipinski definition) is 2. The summed E-state index contributed by atoms with van der Waals surface area (Å²) >= 11 is 0. The third kappa shape index (κ3) is 2.87. The Bertz CT molecular complexity index is 1250. The zero-order valence-electron chi connectivity index (χ0n) is 16.7. The summed E-state index contributed by atoms with van der Waals surface area (Å²) in [6.45, 7) is 0.184. The highest BCUT2D eigenvalue weighted by molar-refractivity contribution is 6.08. The Morgan fingerprint density at radius 2 is 2.00 bits per heavy atom. The minimum absolute atomic E-state index is 0.106. The van der Waals surface area contributed by atoms with Gasteiger partial charge in [0, 0.05) is 29.8 Å². The van der Waals surface area contributed by atoms with Crippen molar-refractivity contribution in [2.24, 2.45) is 0 Å². The SMILES string of the molecule is COc1ccc2c(c1)C(=O)N(C[C@@]1(c3cc4cnc(OC)cc4o3)NC(=O)NC1=O)C2. The number of nitrogens with zero attached hydrogens (tertiary/aromatic N) is 2. The Kier molecular flexibility index (Phi) is 4.10. The number of pyridine rings is 1. The van der Waals surface area contributed by atoms with Crippen LogP contribution in [0.3, 0.4) is 0 Å². The second-order valence-electron chi connectivity index (χ2n) is 7.37. The van der Waals surface area contributed by atoms with Crippen molar-refractivity contribution in [3.8, 4) is 11.6 Å². The van der Waals surface area contributed by atoms with Gasteiger partial charge in [-0.2, -0.15) is 0 Å². The van der Waals surface area contributed by atoms with E-state index in [4.69, 9.17) is 13.9 Å². The number of hydrogen-bond acceptors (Lipinski definition) is 7. The lowest BCUT2D eigenvalue weighted by molar-refractivity contribution is -0.125. The minimum Gasteiger partial charge on any atom is -0.497 e. The molecular formula is C21H18N4O6. The maximum atomic E-state index is 13.0. The van der Waals surface area contributed by atoms with Crippen LogP contribution in [0.25, 0.3) is 11.0 Å². The number of furan rings is 1.